The zero-order chi connectivity index (χ0) is 27.2. The molecular weight excluding hydrogens is 502 g/mol. The van der Waals surface area contributed by atoms with Gasteiger partial charge in [0.2, 0.25) is 5.91 Å². The Morgan fingerprint density at radius 3 is 2.42 bits per heavy atom. The number of fused-ring (bicyclic) bond motifs is 1. The maximum Gasteiger partial charge on any atom is 0.286 e. The van der Waals surface area contributed by atoms with Crippen molar-refractivity contribution >= 4 is 33.9 Å². The molecule has 2 heterocycles. The molecule has 1 aliphatic heterocycles. The van der Waals surface area contributed by atoms with E-state index in [9.17, 15) is 14.7 Å². The second kappa shape index (κ2) is 9.72. The van der Waals surface area contributed by atoms with Crippen LogP contribution in [0.5, 0.6) is 23.0 Å². The maximum absolute atomic E-state index is 12.1. The first kappa shape index (κ1) is 25.7. The highest BCUT2D eigenvalue weighted by Crippen LogP contribution is 2.36. The normalized spacial score (nSPS) is 17.2. The average Bonchev–Trinajstić information content (AvgIpc) is 3.33. The second-order valence-corrected chi connectivity index (χ2v) is 11.3. The summed E-state index contributed by atoms with van der Waals surface area (Å²) in [6.07, 6.45) is 0.452. The molecular formula is C29H29N3O5S. The number of imide groups is 1. The number of nitrogens with zero attached hydrogens (tertiary/aromatic N) is 2. The molecule has 1 atom stereocenters. The monoisotopic (exact) mass is 531 g/mol. The minimum atomic E-state index is -0.798. The summed E-state index contributed by atoms with van der Waals surface area (Å²) >= 11 is 1.03. The maximum atomic E-state index is 12.1. The number of amides is 2. The van der Waals surface area contributed by atoms with Crippen molar-refractivity contribution in [3.05, 3.63) is 76.6 Å². The number of nitrogens with one attached hydrogen (secondary N) is 1. The lowest BCUT2D eigenvalue weighted by molar-refractivity contribution is -0.121. The summed E-state index contributed by atoms with van der Waals surface area (Å²) in [5.41, 5.74) is 5.16. The molecule has 1 aromatic heterocycles. The fraction of sp³-hybridized carbons (Fsp3) is 0.276. The fourth-order valence-corrected chi connectivity index (χ4v) is 5.47. The predicted octanol–water partition coefficient (Wildman–Crippen LogP) is 5.86. The Balaban J connectivity index is 1.28. The minimum Gasteiger partial charge on any atom is -0.507 e. The minimum absolute atomic E-state index is 0.258. The van der Waals surface area contributed by atoms with Gasteiger partial charge in [0, 0.05) is 13.1 Å². The molecule has 0 unspecified atom stereocenters. The van der Waals surface area contributed by atoms with E-state index in [4.69, 9.17) is 14.5 Å². The number of ether oxygens (including phenoxy) is 2. The first-order valence-corrected chi connectivity index (χ1v) is 13.0. The van der Waals surface area contributed by atoms with Crippen molar-refractivity contribution in [1.82, 2.24) is 14.9 Å². The SMILES string of the molecule is Cc1cc(Oc2ccc3nc(COc4ccc(C[C@]5(C)SC(=O)NC5=O)cc4)n(C)c3c2)c(C)c(C)c1O. The van der Waals surface area contributed by atoms with Crippen LogP contribution in [0.2, 0.25) is 0 Å². The van der Waals surface area contributed by atoms with Crippen LogP contribution < -0.4 is 14.8 Å². The number of phenolic OH excluding ortho intramolecular Hbond substituents is 1. The van der Waals surface area contributed by atoms with Crippen molar-refractivity contribution in [3.8, 4) is 23.0 Å². The van der Waals surface area contributed by atoms with E-state index in [1.807, 2.05) is 80.9 Å². The number of phenols is 1. The Bertz CT molecular complexity index is 1580. The standard InChI is InChI=1S/C29H29N3O5S/c1-16-12-24(17(2)18(3)26(16)33)37-21-10-11-22-23(13-21)32(5)25(30-22)15-36-20-8-6-19(7-9-20)14-29(4)27(34)31-28(35)38-29/h6-13,33H,14-15H2,1-5H3,(H,31,34,35)/t29-/m0/s1. The first-order chi connectivity index (χ1) is 18.0. The highest BCUT2D eigenvalue weighted by atomic mass is 32.2. The van der Waals surface area contributed by atoms with Gasteiger partial charge in [0.1, 0.15) is 40.2 Å². The number of hydrogen-bond acceptors (Lipinski definition) is 7. The average molecular weight is 532 g/mol. The molecule has 2 N–H and O–H groups in total. The lowest BCUT2D eigenvalue weighted by atomic mass is 9.99. The number of rotatable bonds is 7. The summed E-state index contributed by atoms with van der Waals surface area (Å²) in [4.78, 5) is 28.4. The molecule has 0 saturated carbocycles. The van der Waals surface area contributed by atoms with Crippen LogP contribution in [-0.4, -0.2) is 30.6 Å². The van der Waals surface area contributed by atoms with Crippen LogP contribution in [0.1, 0.15) is 35.0 Å². The first-order valence-electron chi connectivity index (χ1n) is 12.2. The third-order valence-corrected chi connectivity index (χ3v) is 8.10. The van der Waals surface area contributed by atoms with E-state index in [-0.39, 0.29) is 17.8 Å². The second-order valence-electron chi connectivity index (χ2n) is 9.81. The molecule has 0 spiro atoms. The number of aromatic nitrogens is 2. The zero-order valence-corrected chi connectivity index (χ0v) is 22.7. The molecule has 8 nitrogen and oxygen atoms in total. The van der Waals surface area contributed by atoms with Gasteiger partial charge in [0.15, 0.2) is 0 Å². The molecule has 3 aromatic carbocycles. The number of thioether (sulfide) groups is 1. The van der Waals surface area contributed by atoms with Crippen molar-refractivity contribution in [3.63, 3.8) is 0 Å². The molecule has 38 heavy (non-hydrogen) atoms. The molecule has 1 fully saturated rings. The number of carbonyl (C=O) groups excluding carboxylic acids is 2. The Labute approximate surface area is 225 Å². The molecule has 0 aliphatic carbocycles. The van der Waals surface area contributed by atoms with E-state index in [1.165, 1.54) is 0 Å². The number of hydrogen-bond donors (Lipinski definition) is 2. The van der Waals surface area contributed by atoms with Gasteiger partial charge in [-0.05, 0) is 98.5 Å². The number of imidazole rings is 1. The zero-order valence-electron chi connectivity index (χ0n) is 21.9. The van der Waals surface area contributed by atoms with Crippen LogP contribution in [0.15, 0.2) is 48.5 Å². The summed E-state index contributed by atoms with van der Waals surface area (Å²) in [5.74, 6) is 2.87. The Morgan fingerprint density at radius 1 is 1.03 bits per heavy atom. The molecule has 0 bridgehead atoms. The third kappa shape index (κ3) is 4.81. The van der Waals surface area contributed by atoms with Gasteiger partial charge in [-0.25, -0.2) is 4.98 Å². The molecule has 1 aliphatic rings. The van der Waals surface area contributed by atoms with Crippen molar-refractivity contribution in [1.29, 1.82) is 0 Å². The van der Waals surface area contributed by atoms with Gasteiger partial charge < -0.3 is 19.1 Å². The van der Waals surface area contributed by atoms with Crippen molar-refractivity contribution in [2.75, 3.05) is 0 Å². The number of aryl methyl sites for hydroxylation is 2. The van der Waals surface area contributed by atoms with Gasteiger partial charge in [-0.2, -0.15) is 0 Å². The van der Waals surface area contributed by atoms with Gasteiger partial charge >= 0.3 is 0 Å². The van der Waals surface area contributed by atoms with Crippen LogP contribution in [0, 0.1) is 20.8 Å². The van der Waals surface area contributed by atoms with E-state index in [1.54, 1.807) is 6.92 Å². The highest BCUT2D eigenvalue weighted by Gasteiger charge is 2.43. The predicted molar refractivity (Wildman–Crippen MR) is 147 cm³/mol. The third-order valence-electron chi connectivity index (χ3n) is 7.03. The van der Waals surface area contributed by atoms with E-state index in [0.29, 0.717) is 29.4 Å². The molecule has 5 rings (SSSR count). The topological polar surface area (TPSA) is 103 Å². The van der Waals surface area contributed by atoms with E-state index in [0.717, 1.165) is 50.9 Å². The number of aromatic hydroxyl groups is 1. The van der Waals surface area contributed by atoms with E-state index < -0.39 is 4.75 Å². The highest BCUT2D eigenvalue weighted by molar-refractivity contribution is 8.16. The van der Waals surface area contributed by atoms with E-state index in [2.05, 4.69) is 5.32 Å². The van der Waals surface area contributed by atoms with Crippen LogP contribution in [-0.2, 0) is 24.9 Å². The molecule has 4 aromatic rings. The van der Waals surface area contributed by atoms with Crippen molar-refractivity contribution in [2.45, 2.75) is 45.5 Å². The lowest BCUT2D eigenvalue weighted by Crippen LogP contribution is -2.35. The smallest absolute Gasteiger partial charge is 0.286 e. The van der Waals surface area contributed by atoms with Gasteiger partial charge in [0.25, 0.3) is 5.24 Å². The summed E-state index contributed by atoms with van der Waals surface area (Å²) in [6.45, 7) is 7.72. The molecule has 1 saturated heterocycles. The van der Waals surface area contributed by atoms with Crippen LogP contribution >= 0.6 is 11.8 Å². The molecule has 0 radical (unpaired) electrons. The lowest BCUT2D eigenvalue weighted by Gasteiger charge is -2.18. The van der Waals surface area contributed by atoms with Crippen LogP contribution in [0.3, 0.4) is 0 Å². The summed E-state index contributed by atoms with van der Waals surface area (Å²) in [6, 6.07) is 15.1. The molecule has 2 amide bonds. The molecule has 196 valence electrons. The van der Waals surface area contributed by atoms with Crippen molar-refractivity contribution in [2.24, 2.45) is 7.05 Å². The quantitative estimate of drug-likeness (QED) is 0.308. The number of carbonyl (C=O) groups is 2. The molecule has 9 heteroatoms. The Morgan fingerprint density at radius 2 is 1.74 bits per heavy atom. The number of benzene rings is 3. The Kier molecular flexibility index (Phi) is 6.56. The van der Waals surface area contributed by atoms with Crippen LogP contribution in [0.4, 0.5) is 4.79 Å². The van der Waals surface area contributed by atoms with Gasteiger partial charge in [-0.15, -0.1) is 0 Å². The van der Waals surface area contributed by atoms with Crippen LogP contribution in [0.25, 0.3) is 11.0 Å². The summed E-state index contributed by atoms with van der Waals surface area (Å²) in [5, 5.41) is 12.2. The Hall–Kier alpha value is -3.98. The summed E-state index contributed by atoms with van der Waals surface area (Å²) in [7, 11) is 1.94. The van der Waals surface area contributed by atoms with Crippen molar-refractivity contribution < 1.29 is 24.2 Å². The van der Waals surface area contributed by atoms with Gasteiger partial charge in [-0.1, -0.05) is 12.1 Å². The largest absolute Gasteiger partial charge is 0.507 e. The van der Waals surface area contributed by atoms with Gasteiger partial charge in [0.05, 0.1) is 11.0 Å². The van der Waals surface area contributed by atoms with Gasteiger partial charge in [-0.3, -0.25) is 14.9 Å². The van der Waals surface area contributed by atoms with E-state index >= 15 is 0 Å². The summed E-state index contributed by atoms with van der Waals surface area (Å²) < 4.78 is 13.3. The fourth-order valence-electron chi connectivity index (χ4n) is 4.54.